The summed E-state index contributed by atoms with van der Waals surface area (Å²) in [6, 6.07) is 4.99. The number of carbonyl (C=O) groups is 1. The van der Waals surface area contributed by atoms with Crippen LogP contribution in [-0.2, 0) is 4.74 Å². The molecule has 104 valence electrons. The molecule has 0 fully saturated rings. The third-order valence-corrected chi connectivity index (χ3v) is 3.30. The summed E-state index contributed by atoms with van der Waals surface area (Å²) in [6.45, 7) is 1.74. The van der Waals surface area contributed by atoms with Crippen molar-refractivity contribution in [1.82, 2.24) is 0 Å². The Kier molecular flexibility index (Phi) is 5.23. The SMILES string of the molecule is COC(=O)c1c(N/N=C(\C#N)C(=N)N)ccc(Br)c1C. The molecule has 0 atom stereocenters. The van der Waals surface area contributed by atoms with Crippen LogP contribution in [0.1, 0.15) is 15.9 Å². The van der Waals surface area contributed by atoms with Gasteiger partial charge in [-0.3, -0.25) is 10.8 Å². The fourth-order valence-corrected chi connectivity index (χ4v) is 1.74. The molecule has 7 nitrogen and oxygen atoms in total. The van der Waals surface area contributed by atoms with E-state index in [2.05, 4.69) is 26.5 Å². The molecule has 0 saturated heterocycles. The number of hydrazone groups is 1. The Bertz CT molecular complexity index is 633. The zero-order chi connectivity index (χ0) is 15.3. The van der Waals surface area contributed by atoms with Gasteiger partial charge in [0.1, 0.15) is 6.07 Å². The second-order valence-electron chi connectivity index (χ2n) is 3.68. The van der Waals surface area contributed by atoms with Crippen LogP contribution in [0.4, 0.5) is 5.69 Å². The van der Waals surface area contributed by atoms with E-state index in [4.69, 9.17) is 21.1 Å². The highest BCUT2D eigenvalue weighted by Gasteiger charge is 2.17. The predicted octanol–water partition coefficient (Wildman–Crippen LogP) is 1.77. The van der Waals surface area contributed by atoms with Crippen molar-refractivity contribution in [3.63, 3.8) is 0 Å². The van der Waals surface area contributed by atoms with Crippen molar-refractivity contribution in [3.05, 3.63) is 27.7 Å². The number of methoxy groups -OCH3 is 1. The van der Waals surface area contributed by atoms with Crippen LogP contribution in [-0.4, -0.2) is 24.6 Å². The molecule has 0 aliphatic rings. The number of nitriles is 1. The largest absolute Gasteiger partial charge is 0.465 e. The average Bonchev–Trinajstić information content (AvgIpc) is 2.42. The van der Waals surface area contributed by atoms with E-state index in [1.54, 1.807) is 25.1 Å². The standard InChI is InChI=1S/C12H12BrN5O2/c1-6-7(13)3-4-8(10(6)12(19)20-2)17-18-9(5-14)11(15)16/h3-4,17H,1-2H3,(H3,15,16)/b18-9+. The Morgan fingerprint density at radius 2 is 2.25 bits per heavy atom. The maximum atomic E-state index is 11.8. The van der Waals surface area contributed by atoms with E-state index in [-0.39, 0.29) is 11.3 Å². The summed E-state index contributed by atoms with van der Waals surface area (Å²) in [7, 11) is 1.27. The smallest absolute Gasteiger partial charge is 0.340 e. The number of carbonyl (C=O) groups excluding carboxylic acids is 1. The molecule has 0 saturated carbocycles. The number of nitrogens with two attached hydrogens (primary N) is 1. The van der Waals surface area contributed by atoms with Gasteiger partial charge in [-0.15, -0.1) is 0 Å². The van der Waals surface area contributed by atoms with Crippen LogP contribution >= 0.6 is 15.9 Å². The van der Waals surface area contributed by atoms with Crippen molar-refractivity contribution in [3.8, 4) is 6.07 Å². The number of hydrogen-bond donors (Lipinski definition) is 3. The molecule has 4 N–H and O–H groups in total. The zero-order valence-electron chi connectivity index (χ0n) is 10.8. The van der Waals surface area contributed by atoms with Crippen molar-refractivity contribution < 1.29 is 9.53 Å². The van der Waals surface area contributed by atoms with E-state index in [0.717, 1.165) is 4.47 Å². The molecule has 0 unspecified atom stereocenters. The minimum absolute atomic E-state index is 0.276. The van der Waals surface area contributed by atoms with Gasteiger partial charge in [-0.2, -0.15) is 10.4 Å². The molecule has 0 heterocycles. The zero-order valence-corrected chi connectivity index (χ0v) is 12.4. The van der Waals surface area contributed by atoms with E-state index >= 15 is 0 Å². The third kappa shape index (κ3) is 3.33. The number of hydrogen-bond acceptors (Lipinski definition) is 6. The maximum absolute atomic E-state index is 11.8. The van der Waals surface area contributed by atoms with Gasteiger partial charge in [0.2, 0.25) is 5.71 Å². The van der Waals surface area contributed by atoms with Gasteiger partial charge in [-0.25, -0.2) is 4.79 Å². The molecule has 1 aromatic rings. The van der Waals surface area contributed by atoms with E-state index in [1.807, 2.05) is 0 Å². The van der Waals surface area contributed by atoms with E-state index in [0.29, 0.717) is 11.3 Å². The van der Waals surface area contributed by atoms with Gasteiger partial charge in [0.15, 0.2) is 5.84 Å². The van der Waals surface area contributed by atoms with Crippen molar-refractivity contribution in [2.45, 2.75) is 6.92 Å². The third-order valence-electron chi connectivity index (χ3n) is 2.44. The number of amidine groups is 1. The molecule has 20 heavy (non-hydrogen) atoms. The minimum atomic E-state index is -0.539. The number of nitrogens with zero attached hydrogens (tertiary/aromatic N) is 2. The monoisotopic (exact) mass is 337 g/mol. The second kappa shape index (κ2) is 6.68. The topological polar surface area (TPSA) is 124 Å². The summed E-state index contributed by atoms with van der Waals surface area (Å²) in [4.78, 5) is 11.8. The van der Waals surface area contributed by atoms with E-state index in [9.17, 15) is 4.79 Å². The van der Waals surface area contributed by atoms with Gasteiger partial charge >= 0.3 is 5.97 Å². The number of benzene rings is 1. The molecule has 0 aliphatic carbocycles. The summed E-state index contributed by atoms with van der Waals surface area (Å²) >= 11 is 3.32. The summed E-state index contributed by atoms with van der Waals surface area (Å²) in [5.41, 5.74) is 8.76. The van der Waals surface area contributed by atoms with Gasteiger partial charge in [0.05, 0.1) is 18.4 Å². The highest BCUT2D eigenvalue weighted by atomic mass is 79.9. The lowest BCUT2D eigenvalue weighted by atomic mass is 10.1. The van der Waals surface area contributed by atoms with Gasteiger partial charge in [0, 0.05) is 4.47 Å². The average molecular weight is 338 g/mol. The lowest BCUT2D eigenvalue weighted by Crippen LogP contribution is -2.22. The number of anilines is 1. The van der Waals surface area contributed by atoms with Crippen LogP contribution in [0, 0.1) is 23.7 Å². The lowest BCUT2D eigenvalue weighted by Gasteiger charge is -2.11. The molecule has 0 bridgehead atoms. The summed E-state index contributed by atoms with van der Waals surface area (Å²) < 4.78 is 5.45. The van der Waals surface area contributed by atoms with Crippen LogP contribution in [0.5, 0.6) is 0 Å². The van der Waals surface area contributed by atoms with Crippen molar-refractivity contribution >= 4 is 39.1 Å². The predicted molar refractivity (Wildman–Crippen MR) is 78.8 cm³/mol. The number of nitrogens with one attached hydrogen (secondary N) is 2. The van der Waals surface area contributed by atoms with Gasteiger partial charge in [-0.05, 0) is 24.6 Å². The molecular formula is C12H12BrN5O2. The van der Waals surface area contributed by atoms with Crippen LogP contribution < -0.4 is 11.2 Å². The molecule has 1 rings (SSSR count). The molecule has 0 amide bonds. The molecule has 0 aliphatic heterocycles. The Labute approximate surface area is 124 Å². The minimum Gasteiger partial charge on any atom is -0.465 e. The first-order chi connectivity index (χ1) is 9.42. The Morgan fingerprint density at radius 1 is 1.60 bits per heavy atom. The lowest BCUT2D eigenvalue weighted by molar-refractivity contribution is 0.0601. The Hall–Kier alpha value is -2.40. The second-order valence-corrected chi connectivity index (χ2v) is 4.54. The van der Waals surface area contributed by atoms with E-state index < -0.39 is 11.8 Å². The number of ether oxygens (including phenoxy) is 1. The highest BCUT2D eigenvalue weighted by Crippen LogP contribution is 2.27. The number of rotatable bonds is 4. The van der Waals surface area contributed by atoms with Gasteiger partial charge in [-0.1, -0.05) is 15.9 Å². The number of halogens is 1. The van der Waals surface area contributed by atoms with Gasteiger partial charge < -0.3 is 10.5 Å². The normalized spacial score (nSPS) is 10.6. The highest BCUT2D eigenvalue weighted by molar-refractivity contribution is 9.10. The quantitative estimate of drug-likeness (QED) is 0.334. The summed E-state index contributed by atoms with van der Waals surface area (Å²) in [5.74, 6) is -1.00. The first-order valence-electron chi connectivity index (χ1n) is 5.38. The fraction of sp³-hybridized carbons (Fsp3) is 0.167. The Balaban J connectivity index is 3.27. The Morgan fingerprint density at radius 3 is 2.75 bits per heavy atom. The first kappa shape index (κ1) is 15.7. The molecule has 8 heteroatoms. The van der Waals surface area contributed by atoms with Crippen LogP contribution in [0.15, 0.2) is 21.7 Å². The van der Waals surface area contributed by atoms with Crippen molar-refractivity contribution in [1.29, 1.82) is 10.7 Å². The first-order valence-corrected chi connectivity index (χ1v) is 6.17. The van der Waals surface area contributed by atoms with Gasteiger partial charge in [0.25, 0.3) is 0 Å². The summed E-state index contributed by atoms with van der Waals surface area (Å²) in [5, 5.41) is 19.6. The van der Waals surface area contributed by atoms with Crippen LogP contribution in [0.3, 0.4) is 0 Å². The van der Waals surface area contributed by atoms with Crippen LogP contribution in [0.2, 0.25) is 0 Å². The van der Waals surface area contributed by atoms with Crippen LogP contribution in [0.25, 0.3) is 0 Å². The summed E-state index contributed by atoms with van der Waals surface area (Å²) in [6.07, 6.45) is 0. The molecular weight excluding hydrogens is 326 g/mol. The fourth-order valence-electron chi connectivity index (χ4n) is 1.41. The van der Waals surface area contributed by atoms with E-state index in [1.165, 1.54) is 7.11 Å². The molecule has 1 aromatic carbocycles. The molecule has 0 spiro atoms. The van der Waals surface area contributed by atoms with Crippen molar-refractivity contribution in [2.24, 2.45) is 10.8 Å². The molecule has 0 radical (unpaired) electrons. The number of esters is 1. The maximum Gasteiger partial charge on any atom is 0.340 e. The molecule has 0 aromatic heterocycles. The van der Waals surface area contributed by atoms with Crippen molar-refractivity contribution in [2.75, 3.05) is 12.5 Å².